The molecule has 0 spiro atoms. The normalized spacial score (nSPS) is 15.2. The number of hydrogen-bond donors (Lipinski definition) is 3. The minimum Gasteiger partial charge on any atom is -0.494 e. The van der Waals surface area contributed by atoms with Crippen molar-refractivity contribution in [2.24, 2.45) is 0 Å². The molecule has 0 aliphatic carbocycles. The third-order valence-electron chi connectivity index (χ3n) is 7.00. The van der Waals surface area contributed by atoms with E-state index in [1.807, 2.05) is 56.3 Å². The Labute approximate surface area is 207 Å². The number of aromatic amines is 1. The van der Waals surface area contributed by atoms with Gasteiger partial charge in [-0.15, -0.1) is 0 Å². The number of H-pyrrole nitrogens is 1. The first-order valence-electron chi connectivity index (χ1n) is 12.0. The van der Waals surface area contributed by atoms with Gasteiger partial charge < -0.3 is 15.4 Å². The monoisotopic (exact) mass is 478 g/mol. The highest BCUT2D eigenvalue weighted by Gasteiger charge is 2.33. The van der Waals surface area contributed by atoms with Crippen LogP contribution in [0.4, 0.5) is 0 Å². The molecule has 1 aliphatic rings. The molecule has 36 heavy (non-hydrogen) atoms. The molecule has 1 unspecified atom stereocenters. The van der Waals surface area contributed by atoms with Crippen LogP contribution < -0.4 is 16.6 Å². The van der Waals surface area contributed by atoms with E-state index >= 15 is 0 Å². The van der Waals surface area contributed by atoms with Crippen molar-refractivity contribution in [3.8, 4) is 17.3 Å². The summed E-state index contributed by atoms with van der Waals surface area (Å²) in [5.41, 5.74) is 4.85. The Morgan fingerprint density at radius 3 is 2.11 bits per heavy atom. The van der Waals surface area contributed by atoms with Gasteiger partial charge in [0.25, 0.3) is 5.56 Å². The molecule has 0 radical (unpaired) electrons. The van der Waals surface area contributed by atoms with Gasteiger partial charge in [0, 0.05) is 23.1 Å². The highest BCUT2D eigenvalue weighted by molar-refractivity contribution is 5.85. The fourth-order valence-electron chi connectivity index (χ4n) is 5.14. The third-order valence-corrected chi connectivity index (χ3v) is 7.00. The summed E-state index contributed by atoms with van der Waals surface area (Å²) in [5, 5.41) is 16.0. The maximum absolute atomic E-state index is 14.0. The average Bonchev–Trinajstić information content (AvgIpc) is 3.26. The molecular formula is C29H26N4O3. The van der Waals surface area contributed by atoms with Gasteiger partial charge in [-0.25, -0.2) is 13.9 Å². The molecule has 3 heterocycles. The summed E-state index contributed by atoms with van der Waals surface area (Å²) in [5.74, 6) is -0.360. The molecule has 1 atom stereocenters. The van der Waals surface area contributed by atoms with E-state index in [2.05, 4.69) is 16.4 Å². The van der Waals surface area contributed by atoms with Crippen molar-refractivity contribution in [3.63, 3.8) is 0 Å². The number of hydrogen-bond acceptors (Lipinski definition) is 4. The van der Waals surface area contributed by atoms with Gasteiger partial charge in [0.1, 0.15) is 5.56 Å². The van der Waals surface area contributed by atoms with Crippen LogP contribution in [0.25, 0.3) is 22.3 Å². The number of aromatic hydroxyl groups is 1. The second-order valence-electron chi connectivity index (χ2n) is 9.37. The van der Waals surface area contributed by atoms with Crippen molar-refractivity contribution < 1.29 is 5.11 Å². The lowest BCUT2D eigenvalue weighted by Crippen LogP contribution is -2.43. The van der Waals surface area contributed by atoms with Gasteiger partial charge in [0.05, 0.1) is 17.4 Å². The molecule has 7 heteroatoms. The number of nitrogens with zero attached hydrogens (tertiary/aromatic N) is 2. The van der Waals surface area contributed by atoms with E-state index in [0.29, 0.717) is 17.9 Å². The van der Waals surface area contributed by atoms with Crippen molar-refractivity contribution in [1.29, 1.82) is 0 Å². The van der Waals surface area contributed by atoms with E-state index in [1.54, 1.807) is 24.3 Å². The van der Waals surface area contributed by atoms with Crippen molar-refractivity contribution in [3.05, 3.63) is 122 Å². The molecule has 0 bridgehead atoms. The number of aromatic nitrogens is 3. The topological polar surface area (TPSA) is 92.0 Å². The van der Waals surface area contributed by atoms with Crippen LogP contribution in [0.1, 0.15) is 34.0 Å². The van der Waals surface area contributed by atoms with Crippen LogP contribution in [0, 0.1) is 13.8 Å². The standard InChI is InChI=1S/C29H26N4O3/c1-17-7-11-19(12-8-17)32-27(34)24(28(35)33(29(32)36)20-13-9-18(2)10-14-20)26-25-22(15-16-30-26)21-5-3-4-6-23(21)31-25/h3-14,26,30-31,34H,15-16H2,1-2H3. The summed E-state index contributed by atoms with van der Waals surface area (Å²) in [6.45, 7) is 4.53. The van der Waals surface area contributed by atoms with E-state index in [4.69, 9.17) is 0 Å². The van der Waals surface area contributed by atoms with Crippen LogP contribution >= 0.6 is 0 Å². The predicted octanol–water partition coefficient (Wildman–Crippen LogP) is 4.03. The Hall–Kier alpha value is -4.36. The van der Waals surface area contributed by atoms with Crippen LogP contribution in [0.5, 0.6) is 5.88 Å². The molecule has 5 aromatic rings. The Balaban J connectivity index is 1.67. The minimum absolute atomic E-state index is 0.128. The minimum atomic E-state index is -0.623. The number of benzene rings is 3. The lowest BCUT2D eigenvalue weighted by Gasteiger charge is -2.26. The molecule has 0 saturated carbocycles. The maximum atomic E-state index is 14.0. The van der Waals surface area contributed by atoms with Crippen molar-refractivity contribution in [1.82, 2.24) is 19.4 Å². The first-order chi connectivity index (χ1) is 17.4. The molecule has 2 aromatic heterocycles. The third kappa shape index (κ3) is 3.39. The van der Waals surface area contributed by atoms with Gasteiger partial charge >= 0.3 is 5.69 Å². The molecule has 0 fully saturated rings. The van der Waals surface area contributed by atoms with Gasteiger partial charge in [0.15, 0.2) is 0 Å². The van der Waals surface area contributed by atoms with Crippen LogP contribution in [0.2, 0.25) is 0 Å². The zero-order valence-corrected chi connectivity index (χ0v) is 20.1. The smallest absolute Gasteiger partial charge is 0.343 e. The number of aryl methyl sites for hydroxylation is 2. The van der Waals surface area contributed by atoms with E-state index in [1.165, 1.54) is 4.57 Å². The predicted molar refractivity (Wildman–Crippen MR) is 141 cm³/mol. The molecule has 180 valence electrons. The van der Waals surface area contributed by atoms with Crippen molar-refractivity contribution in [2.75, 3.05) is 6.54 Å². The first kappa shape index (κ1) is 22.1. The van der Waals surface area contributed by atoms with Gasteiger partial charge in [-0.05, 0) is 56.2 Å². The van der Waals surface area contributed by atoms with E-state index in [0.717, 1.165) is 44.3 Å². The van der Waals surface area contributed by atoms with E-state index in [-0.39, 0.29) is 11.4 Å². The van der Waals surface area contributed by atoms with E-state index in [9.17, 15) is 14.7 Å². The number of nitrogens with one attached hydrogen (secondary N) is 2. The van der Waals surface area contributed by atoms with Crippen LogP contribution in [-0.2, 0) is 6.42 Å². The zero-order valence-electron chi connectivity index (χ0n) is 20.1. The Morgan fingerprint density at radius 2 is 1.44 bits per heavy atom. The average molecular weight is 479 g/mol. The fourth-order valence-corrected chi connectivity index (χ4v) is 5.14. The zero-order chi connectivity index (χ0) is 25.0. The first-order valence-corrected chi connectivity index (χ1v) is 12.0. The Kier molecular flexibility index (Phi) is 5.16. The summed E-state index contributed by atoms with van der Waals surface area (Å²) >= 11 is 0. The summed E-state index contributed by atoms with van der Waals surface area (Å²) < 4.78 is 2.36. The summed E-state index contributed by atoms with van der Waals surface area (Å²) in [4.78, 5) is 31.2. The maximum Gasteiger partial charge on any atom is 0.343 e. The lowest BCUT2D eigenvalue weighted by atomic mass is 9.95. The highest BCUT2D eigenvalue weighted by atomic mass is 16.3. The molecule has 0 amide bonds. The summed E-state index contributed by atoms with van der Waals surface area (Å²) in [6.07, 6.45) is 0.792. The van der Waals surface area contributed by atoms with Crippen LogP contribution in [-0.4, -0.2) is 25.8 Å². The lowest BCUT2D eigenvalue weighted by molar-refractivity contribution is 0.406. The summed E-state index contributed by atoms with van der Waals surface area (Å²) in [7, 11) is 0. The quantitative estimate of drug-likeness (QED) is 0.365. The van der Waals surface area contributed by atoms with Gasteiger partial charge in [-0.1, -0.05) is 53.6 Å². The van der Waals surface area contributed by atoms with Crippen molar-refractivity contribution in [2.45, 2.75) is 26.3 Å². The van der Waals surface area contributed by atoms with Gasteiger partial charge in [-0.3, -0.25) is 4.79 Å². The van der Waals surface area contributed by atoms with Gasteiger partial charge in [0.2, 0.25) is 5.88 Å². The second-order valence-corrected chi connectivity index (χ2v) is 9.37. The Morgan fingerprint density at radius 1 is 0.833 bits per heavy atom. The molecule has 6 rings (SSSR count). The number of rotatable bonds is 3. The molecule has 0 saturated heterocycles. The fraction of sp³-hybridized carbons (Fsp3) is 0.172. The number of fused-ring (bicyclic) bond motifs is 3. The molecule has 7 nitrogen and oxygen atoms in total. The largest absolute Gasteiger partial charge is 0.494 e. The van der Waals surface area contributed by atoms with Gasteiger partial charge in [-0.2, -0.15) is 0 Å². The SMILES string of the molecule is Cc1ccc(-n2c(O)c(C3NCCc4c3[nH]c3ccccc43)c(=O)n(-c3ccc(C)cc3)c2=O)cc1. The van der Waals surface area contributed by atoms with Crippen LogP contribution in [0.15, 0.2) is 82.4 Å². The Bertz CT molecular complexity index is 1720. The van der Waals surface area contributed by atoms with Crippen molar-refractivity contribution >= 4 is 10.9 Å². The van der Waals surface area contributed by atoms with Crippen LogP contribution in [0.3, 0.4) is 0 Å². The summed E-state index contributed by atoms with van der Waals surface area (Å²) in [6, 6.07) is 21.9. The van der Waals surface area contributed by atoms with E-state index < -0.39 is 17.3 Å². The second kappa shape index (κ2) is 8.39. The molecule has 3 aromatic carbocycles. The molecule has 3 N–H and O–H groups in total. The number of para-hydroxylation sites is 1. The highest BCUT2D eigenvalue weighted by Crippen LogP contribution is 2.35. The molecule has 1 aliphatic heterocycles. The molecular weight excluding hydrogens is 452 g/mol.